The number of hydrogen-bond acceptors (Lipinski definition) is 5. The summed E-state index contributed by atoms with van der Waals surface area (Å²) in [6.45, 7) is 0. The second-order valence-corrected chi connectivity index (χ2v) is 8.27. The van der Waals surface area contributed by atoms with Crippen molar-refractivity contribution in [1.82, 2.24) is 19.5 Å². The highest BCUT2D eigenvalue weighted by Gasteiger charge is 2.13. The van der Waals surface area contributed by atoms with E-state index in [1.165, 1.54) is 28.7 Å². The molecule has 5 aromatic rings. The molecule has 5 rings (SSSR count). The first-order valence-electron chi connectivity index (χ1n) is 9.47. The van der Waals surface area contributed by atoms with Crippen LogP contribution in [0.4, 0.5) is 0 Å². The molecule has 2 aromatic heterocycles. The van der Waals surface area contributed by atoms with Gasteiger partial charge in [-0.2, -0.15) is 0 Å². The van der Waals surface area contributed by atoms with E-state index in [1.54, 1.807) is 24.3 Å². The van der Waals surface area contributed by atoms with Gasteiger partial charge in [-0.25, -0.2) is 19.3 Å². The summed E-state index contributed by atoms with van der Waals surface area (Å²) in [4.78, 5) is 36.9. The Hall–Kier alpha value is -3.42. The molecule has 6 nitrogen and oxygen atoms in total. The number of thioether (sulfide) groups is 1. The zero-order valence-electron chi connectivity index (χ0n) is 16.1. The number of aromatic nitrogens is 4. The first-order chi connectivity index (χ1) is 15.1. The molecule has 0 radical (unpaired) electrons. The third-order valence-corrected chi connectivity index (χ3v) is 6.08. The normalized spacial score (nSPS) is 11.3. The molecule has 2 heterocycles. The lowest BCUT2D eigenvalue weighted by molar-refractivity contribution is 0.877. The Morgan fingerprint density at radius 3 is 2.65 bits per heavy atom. The minimum Gasteiger partial charge on any atom is -0.291 e. The van der Waals surface area contributed by atoms with Crippen molar-refractivity contribution < 1.29 is 0 Å². The number of benzene rings is 3. The Balaban J connectivity index is 1.50. The Kier molecular flexibility index (Phi) is 5.05. The van der Waals surface area contributed by atoms with Crippen LogP contribution in [-0.2, 0) is 5.75 Å². The molecule has 31 heavy (non-hydrogen) atoms. The molecule has 3 aromatic carbocycles. The monoisotopic (exact) mass is 446 g/mol. The molecule has 0 unspecified atom stereocenters. The van der Waals surface area contributed by atoms with Gasteiger partial charge >= 0.3 is 5.69 Å². The number of H-pyrrole nitrogens is 1. The van der Waals surface area contributed by atoms with Crippen molar-refractivity contribution in [2.45, 2.75) is 10.9 Å². The predicted octanol–water partition coefficient (Wildman–Crippen LogP) is 4.57. The summed E-state index contributed by atoms with van der Waals surface area (Å²) in [6, 6.07) is 20.9. The van der Waals surface area contributed by atoms with Crippen LogP contribution in [0.5, 0.6) is 0 Å². The van der Waals surface area contributed by atoms with E-state index in [0.29, 0.717) is 21.6 Å². The van der Waals surface area contributed by atoms with E-state index in [9.17, 15) is 9.59 Å². The summed E-state index contributed by atoms with van der Waals surface area (Å²) >= 11 is 7.45. The van der Waals surface area contributed by atoms with E-state index >= 15 is 0 Å². The SMILES string of the molecule is O=c1[nH]c2nc(SCc3cccc4ccccc34)ncc2c(=O)n1-c1cccc(Cl)c1. The lowest BCUT2D eigenvalue weighted by Gasteiger charge is -2.08. The minimum absolute atomic E-state index is 0.212. The van der Waals surface area contributed by atoms with Gasteiger partial charge in [0.25, 0.3) is 5.56 Å². The van der Waals surface area contributed by atoms with Crippen molar-refractivity contribution in [3.63, 3.8) is 0 Å². The van der Waals surface area contributed by atoms with E-state index < -0.39 is 11.2 Å². The van der Waals surface area contributed by atoms with Crippen LogP contribution in [0.3, 0.4) is 0 Å². The molecule has 8 heteroatoms. The predicted molar refractivity (Wildman–Crippen MR) is 124 cm³/mol. The van der Waals surface area contributed by atoms with Gasteiger partial charge in [0.05, 0.1) is 5.69 Å². The van der Waals surface area contributed by atoms with Gasteiger partial charge in [-0.15, -0.1) is 0 Å². The van der Waals surface area contributed by atoms with Gasteiger partial charge in [-0.05, 0) is 34.5 Å². The van der Waals surface area contributed by atoms with E-state index in [0.717, 1.165) is 10.1 Å². The first-order valence-corrected chi connectivity index (χ1v) is 10.8. The van der Waals surface area contributed by atoms with Gasteiger partial charge < -0.3 is 0 Å². The number of fused-ring (bicyclic) bond motifs is 2. The maximum absolute atomic E-state index is 12.9. The molecule has 0 saturated heterocycles. The van der Waals surface area contributed by atoms with E-state index in [4.69, 9.17) is 11.6 Å². The Bertz CT molecular complexity index is 1560. The van der Waals surface area contributed by atoms with Crippen LogP contribution in [-0.4, -0.2) is 19.5 Å². The van der Waals surface area contributed by atoms with Crippen LogP contribution >= 0.6 is 23.4 Å². The van der Waals surface area contributed by atoms with E-state index in [-0.39, 0.29) is 11.0 Å². The Labute approximate surface area is 185 Å². The zero-order chi connectivity index (χ0) is 21.4. The number of halogens is 1. The molecule has 0 spiro atoms. The molecule has 0 amide bonds. The van der Waals surface area contributed by atoms with Crippen molar-refractivity contribution in [2.75, 3.05) is 0 Å². The summed E-state index contributed by atoms with van der Waals surface area (Å²) in [5.74, 6) is 0.663. The second kappa shape index (κ2) is 8.02. The molecule has 0 saturated carbocycles. The third-order valence-electron chi connectivity index (χ3n) is 4.93. The fourth-order valence-corrected chi connectivity index (χ4v) is 4.47. The summed E-state index contributed by atoms with van der Waals surface area (Å²) in [6.07, 6.45) is 1.45. The average Bonchev–Trinajstić information content (AvgIpc) is 2.77. The highest BCUT2D eigenvalue weighted by Crippen LogP contribution is 2.25. The molecule has 1 N–H and O–H groups in total. The van der Waals surface area contributed by atoms with Gasteiger partial charge in [-0.3, -0.25) is 9.78 Å². The lowest BCUT2D eigenvalue weighted by Crippen LogP contribution is -2.34. The van der Waals surface area contributed by atoms with Crippen LogP contribution in [0.25, 0.3) is 27.5 Å². The molecule has 152 valence electrons. The molecule has 0 bridgehead atoms. The summed E-state index contributed by atoms with van der Waals surface area (Å²) < 4.78 is 1.03. The quantitative estimate of drug-likeness (QED) is 0.323. The maximum atomic E-state index is 12.9. The Morgan fingerprint density at radius 1 is 0.968 bits per heavy atom. The standard InChI is InChI=1S/C23H15ClN4O2S/c24-16-8-4-9-17(11-16)28-21(29)19-12-25-22(26-20(19)27-23(28)30)31-13-15-7-3-6-14-5-1-2-10-18(14)15/h1-12H,13H2,(H,25,26,27,30). The van der Waals surface area contributed by atoms with Crippen LogP contribution in [0.15, 0.2) is 87.7 Å². The molecular formula is C23H15ClN4O2S. The smallest absolute Gasteiger partial charge is 0.291 e. The van der Waals surface area contributed by atoms with Crippen LogP contribution in [0.1, 0.15) is 5.56 Å². The number of hydrogen-bond donors (Lipinski definition) is 1. The van der Waals surface area contributed by atoms with Crippen molar-refractivity contribution in [1.29, 1.82) is 0 Å². The van der Waals surface area contributed by atoms with Crippen LogP contribution in [0, 0.1) is 0 Å². The second-order valence-electron chi connectivity index (χ2n) is 6.89. The van der Waals surface area contributed by atoms with Gasteiger partial charge in [0, 0.05) is 17.0 Å². The van der Waals surface area contributed by atoms with Gasteiger partial charge in [0.2, 0.25) is 0 Å². The summed E-state index contributed by atoms with van der Waals surface area (Å²) in [7, 11) is 0. The molecule has 0 atom stereocenters. The molecule has 0 fully saturated rings. The fraction of sp³-hybridized carbons (Fsp3) is 0.0435. The first kappa shape index (κ1) is 19.5. The maximum Gasteiger partial charge on any atom is 0.334 e. The highest BCUT2D eigenvalue weighted by atomic mass is 35.5. The van der Waals surface area contributed by atoms with Gasteiger partial charge in [-0.1, -0.05) is 71.9 Å². The van der Waals surface area contributed by atoms with Gasteiger partial charge in [0.15, 0.2) is 10.8 Å². The number of rotatable bonds is 4. The number of nitrogens with zero attached hydrogens (tertiary/aromatic N) is 3. The molecule has 0 aliphatic heterocycles. The van der Waals surface area contributed by atoms with E-state index in [2.05, 4.69) is 39.2 Å². The van der Waals surface area contributed by atoms with Crippen molar-refractivity contribution in [3.05, 3.63) is 104 Å². The molecular weight excluding hydrogens is 432 g/mol. The minimum atomic E-state index is -0.580. The average molecular weight is 447 g/mol. The number of aromatic amines is 1. The van der Waals surface area contributed by atoms with Crippen LogP contribution < -0.4 is 11.2 Å². The third kappa shape index (κ3) is 3.73. The van der Waals surface area contributed by atoms with Crippen molar-refractivity contribution in [3.8, 4) is 5.69 Å². The van der Waals surface area contributed by atoms with Gasteiger partial charge in [0.1, 0.15) is 5.39 Å². The topological polar surface area (TPSA) is 80.6 Å². The molecule has 0 aliphatic carbocycles. The highest BCUT2D eigenvalue weighted by molar-refractivity contribution is 7.98. The lowest BCUT2D eigenvalue weighted by atomic mass is 10.1. The fourth-order valence-electron chi connectivity index (χ4n) is 3.47. The summed E-state index contributed by atoms with van der Waals surface area (Å²) in [5, 5.41) is 3.49. The van der Waals surface area contributed by atoms with E-state index in [1.807, 2.05) is 18.2 Å². The largest absolute Gasteiger partial charge is 0.334 e. The van der Waals surface area contributed by atoms with Crippen molar-refractivity contribution in [2.24, 2.45) is 0 Å². The zero-order valence-corrected chi connectivity index (χ0v) is 17.7. The Morgan fingerprint density at radius 2 is 1.77 bits per heavy atom. The van der Waals surface area contributed by atoms with Crippen LogP contribution in [0.2, 0.25) is 5.02 Å². The molecule has 0 aliphatic rings. The summed E-state index contributed by atoms with van der Waals surface area (Å²) in [5.41, 5.74) is 0.686. The van der Waals surface area contributed by atoms with Crippen molar-refractivity contribution >= 4 is 45.2 Å². The number of nitrogens with one attached hydrogen (secondary N) is 1.